The molecule has 1 saturated carbocycles. The quantitative estimate of drug-likeness (QED) is 0.770. The zero-order valence-electron chi connectivity index (χ0n) is 12.9. The normalized spacial score (nSPS) is 20.1. The molecule has 2 fully saturated rings. The van der Waals surface area contributed by atoms with Gasteiger partial charge in [0.2, 0.25) is 0 Å². The van der Waals surface area contributed by atoms with Gasteiger partial charge in [-0.3, -0.25) is 0 Å². The van der Waals surface area contributed by atoms with Crippen LogP contribution in [0.1, 0.15) is 38.5 Å². The Morgan fingerprint density at radius 2 is 1.71 bits per heavy atom. The summed E-state index contributed by atoms with van der Waals surface area (Å²) >= 11 is 0. The molecule has 1 aliphatic heterocycles. The molecule has 21 heavy (non-hydrogen) atoms. The average Bonchev–Trinajstić information content (AvgIpc) is 2.55. The van der Waals surface area contributed by atoms with Gasteiger partial charge in [0.25, 0.3) is 0 Å². The van der Waals surface area contributed by atoms with Crippen LogP contribution < -0.4 is 9.47 Å². The smallest absolute Gasteiger partial charge is 0.170 e. The van der Waals surface area contributed by atoms with Gasteiger partial charge in [-0.25, -0.2) is 4.57 Å². The zero-order chi connectivity index (χ0) is 13.6. The van der Waals surface area contributed by atoms with Crippen LogP contribution >= 0.6 is 17.0 Å². The highest BCUT2D eigenvalue weighted by Gasteiger charge is 2.16. The third kappa shape index (κ3) is 4.96. The van der Waals surface area contributed by atoms with E-state index >= 15 is 0 Å². The Hall–Kier alpha value is -0.610. The topological polar surface area (TPSA) is 16.4 Å². The summed E-state index contributed by atoms with van der Waals surface area (Å²) in [4.78, 5) is 2.41. The van der Waals surface area contributed by atoms with Crippen molar-refractivity contribution in [3.8, 4) is 0 Å². The molecule has 0 N–H and O–H groups in total. The van der Waals surface area contributed by atoms with Crippen LogP contribution in [-0.4, -0.2) is 26.3 Å². The molecule has 0 spiro atoms. The van der Waals surface area contributed by atoms with Gasteiger partial charge >= 0.3 is 0 Å². The molecule has 1 aliphatic carbocycles. The summed E-state index contributed by atoms with van der Waals surface area (Å²) in [5.74, 6) is 0.968. The number of morpholine rings is 1. The van der Waals surface area contributed by atoms with Crippen molar-refractivity contribution in [2.45, 2.75) is 45.1 Å². The lowest BCUT2D eigenvalue weighted by Crippen LogP contribution is -2.38. The van der Waals surface area contributed by atoms with Gasteiger partial charge in [0.1, 0.15) is 6.54 Å². The van der Waals surface area contributed by atoms with Crippen LogP contribution in [0.4, 0.5) is 5.69 Å². The SMILES string of the molecule is Br.c1c[n+](CCC2CCCCC2)ccc1N1CCOCC1. The highest BCUT2D eigenvalue weighted by molar-refractivity contribution is 8.93. The lowest BCUT2D eigenvalue weighted by Gasteiger charge is -2.28. The van der Waals surface area contributed by atoms with Crippen molar-refractivity contribution >= 4 is 22.7 Å². The summed E-state index contributed by atoms with van der Waals surface area (Å²) in [6.07, 6.45) is 13.1. The van der Waals surface area contributed by atoms with Crippen LogP contribution in [0.15, 0.2) is 24.5 Å². The molecule has 1 saturated heterocycles. The Labute approximate surface area is 139 Å². The number of pyridine rings is 1. The van der Waals surface area contributed by atoms with Gasteiger partial charge in [-0.2, -0.15) is 0 Å². The molecule has 0 aromatic carbocycles. The number of halogens is 1. The molecule has 4 heteroatoms. The minimum atomic E-state index is 0. The number of ether oxygens (including phenoxy) is 1. The van der Waals surface area contributed by atoms with Crippen molar-refractivity contribution in [2.75, 3.05) is 31.2 Å². The maximum absolute atomic E-state index is 5.40. The molecule has 3 rings (SSSR count). The van der Waals surface area contributed by atoms with E-state index in [9.17, 15) is 0 Å². The zero-order valence-corrected chi connectivity index (χ0v) is 14.6. The number of rotatable bonds is 4. The molecule has 3 nitrogen and oxygen atoms in total. The highest BCUT2D eigenvalue weighted by Crippen LogP contribution is 2.26. The maximum atomic E-state index is 5.40. The van der Waals surface area contributed by atoms with Gasteiger partial charge in [0, 0.05) is 37.3 Å². The summed E-state index contributed by atoms with van der Waals surface area (Å²) in [5, 5.41) is 0. The van der Waals surface area contributed by atoms with E-state index in [1.54, 1.807) is 0 Å². The van der Waals surface area contributed by atoms with E-state index in [4.69, 9.17) is 4.74 Å². The van der Waals surface area contributed by atoms with Gasteiger partial charge < -0.3 is 9.64 Å². The van der Waals surface area contributed by atoms with E-state index < -0.39 is 0 Å². The fraction of sp³-hybridized carbons (Fsp3) is 0.706. The summed E-state index contributed by atoms with van der Waals surface area (Å²) in [5.41, 5.74) is 1.34. The fourth-order valence-electron chi connectivity index (χ4n) is 3.44. The summed E-state index contributed by atoms with van der Waals surface area (Å²) < 4.78 is 7.75. The third-order valence-corrected chi connectivity index (χ3v) is 4.77. The number of aryl methyl sites for hydroxylation is 1. The van der Waals surface area contributed by atoms with Crippen molar-refractivity contribution in [1.82, 2.24) is 0 Å². The minimum absolute atomic E-state index is 0. The summed E-state index contributed by atoms with van der Waals surface area (Å²) in [6, 6.07) is 4.51. The van der Waals surface area contributed by atoms with E-state index in [0.717, 1.165) is 32.2 Å². The van der Waals surface area contributed by atoms with Gasteiger partial charge in [0.15, 0.2) is 12.4 Å². The van der Waals surface area contributed by atoms with Crippen LogP contribution in [0.5, 0.6) is 0 Å². The molecule has 0 radical (unpaired) electrons. The predicted octanol–water partition coefficient (Wildman–Crippen LogP) is 3.36. The van der Waals surface area contributed by atoms with E-state index in [-0.39, 0.29) is 17.0 Å². The average molecular weight is 356 g/mol. The molecule has 1 aromatic heterocycles. The molecule has 2 heterocycles. The van der Waals surface area contributed by atoms with E-state index in [2.05, 4.69) is 34.0 Å². The Morgan fingerprint density at radius 3 is 2.38 bits per heavy atom. The van der Waals surface area contributed by atoms with Crippen molar-refractivity contribution in [1.29, 1.82) is 0 Å². The number of nitrogens with zero attached hydrogens (tertiary/aromatic N) is 2. The first kappa shape index (κ1) is 16.8. The first-order valence-corrected chi connectivity index (χ1v) is 8.23. The molecule has 0 atom stereocenters. The van der Waals surface area contributed by atoms with E-state index in [1.165, 1.54) is 50.8 Å². The van der Waals surface area contributed by atoms with Crippen LogP contribution in [0.25, 0.3) is 0 Å². The summed E-state index contributed by atoms with van der Waals surface area (Å²) in [6.45, 7) is 4.93. The molecule has 0 bridgehead atoms. The molecule has 0 amide bonds. The van der Waals surface area contributed by atoms with Crippen LogP contribution in [0.3, 0.4) is 0 Å². The second kappa shape index (κ2) is 8.74. The van der Waals surface area contributed by atoms with Crippen LogP contribution in [0.2, 0.25) is 0 Å². The Balaban J connectivity index is 0.00000161. The van der Waals surface area contributed by atoms with Crippen molar-refractivity contribution in [3.63, 3.8) is 0 Å². The Bertz CT molecular complexity index is 398. The van der Waals surface area contributed by atoms with Crippen molar-refractivity contribution in [3.05, 3.63) is 24.5 Å². The largest absolute Gasteiger partial charge is 0.378 e. The first-order valence-electron chi connectivity index (χ1n) is 8.23. The standard InChI is InChI=1S/C17H27N2O.BrH/c1-2-4-16(5-3-1)6-9-18-10-7-17(8-11-18)19-12-14-20-15-13-19;/h7-8,10-11,16H,1-6,9,12-15H2;1H/q+1;. The number of hydrogen-bond donors (Lipinski definition) is 0. The fourth-order valence-corrected chi connectivity index (χ4v) is 3.44. The van der Waals surface area contributed by atoms with Gasteiger partial charge in [-0.05, 0) is 5.92 Å². The third-order valence-electron chi connectivity index (χ3n) is 4.77. The molecule has 1 aromatic rings. The molecular weight excluding hydrogens is 328 g/mol. The van der Waals surface area contributed by atoms with Crippen molar-refractivity contribution < 1.29 is 9.30 Å². The Kier molecular flexibility index (Phi) is 6.97. The minimum Gasteiger partial charge on any atom is -0.378 e. The lowest BCUT2D eigenvalue weighted by molar-refractivity contribution is -0.698. The second-order valence-corrected chi connectivity index (χ2v) is 6.19. The molecule has 118 valence electrons. The molecule has 2 aliphatic rings. The first-order chi connectivity index (χ1) is 9.92. The van der Waals surface area contributed by atoms with Crippen molar-refractivity contribution in [2.24, 2.45) is 5.92 Å². The Morgan fingerprint density at radius 1 is 1.05 bits per heavy atom. The van der Waals surface area contributed by atoms with Gasteiger partial charge in [0.05, 0.1) is 13.2 Å². The van der Waals surface area contributed by atoms with E-state index in [0.29, 0.717) is 0 Å². The van der Waals surface area contributed by atoms with Gasteiger partial charge in [-0.1, -0.05) is 32.1 Å². The molecule has 0 unspecified atom stereocenters. The number of anilines is 1. The number of aromatic nitrogens is 1. The highest BCUT2D eigenvalue weighted by atomic mass is 79.9. The van der Waals surface area contributed by atoms with Crippen LogP contribution in [-0.2, 0) is 11.3 Å². The van der Waals surface area contributed by atoms with Gasteiger partial charge in [-0.15, -0.1) is 17.0 Å². The van der Waals surface area contributed by atoms with Crippen LogP contribution in [0, 0.1) is 5.92 Å². The summed E-state index contributed by atoms with van der Waals surface area (Å²) in [7, 11) is 0. The molecular formula is C17H28BrN2O+. The monoisotopic (exact) mass is 355 g/mol. The predicted molar refractivity (Wildman–Crippen MR) is 91.2 cm³/mol. The van der Waals surface area contributed by atoms with E-state index in [1.807, 2.05) is 0 Å². The number of hydrogen-bond acceptors (Lipinski definition) is 2. The lowest BCUT2D eigenvalue weighted by atomic mass is 9.87. The second-order valence-electron chi connectivity index (χ2n) is 6.19. The maximum Gasteiger partial charge on any atom is 0.170 e.